The Kier molecular flexibility index (Phi) is 3.30. The van der Waals surface area contributed by atoms with Crippen molar-refractivity contribution in [2.24, 2.45) is 0 Å². The van der Waals surface area contributed by atoms with Gasteiger partial charge in [0.25, 0.3) is 5.91 Å². The Morgan fingerprint density at radius 2 is 1.92 bits per heavy atom. The molecule has 4 rings (SSSR count). The van der Waals surface area contributed by atoms with Gasteiger partial charge in [0.05, 0.1) is 11.0 Å². The van der Waals surface area contributed by atoms with Crippen LogP contribution in [0.25, 0.3) is 16.6 Å². The molecule has 2 heterocycles. The van der Waals surface area contributed by atoms with Crippen LogP contribution in [0.1, 0.15) is 12.2 Å². The molecule has 0 radical (unpaired) electrons. The summed E-state index contributed by atoms with van der Waals surface area (Å²) in [6, 6.07) is 13.1. The van der Waals surface area contributed by atoms with E-state index in [0.717, 1.165) is 11.0 Å². The maximum absolute atomic E-state index is 13.0. The lowest BCUT2D eigenvalue weighted by molar-refractivity contribution is -0.111. The predicted molar refractivity (Wildman–Crippen MR) is 88.9 cm³/mol. The SMILES string of the molecule is O=C(Nc1ccc(F)cc1)C1=C(O)CCn2c1nc1ccccc12. The molecule has 2 N–H and O–H groups in total. The molecule has 0 aliphatic carbocycles. The maximum atomic E-state index is 13.0. The molecule has 0 unspecified atom stereocenters. The first kappa shape index (κ1) is 14.4. The number of hydrogen-bond donors (Lipinski definition) is 2. The molecular formula is C18H14FN3O2. The minimum Gasteiger partial charge on any atom is -0.511 e. The van der Waals surface area contributed by atoms with Crippen LogP contribution in [0.15, 0.2) is 54.3 Å². The number of fused-ring (bicyclic) bond motifs is 3. The summed E-state index contributed by atoms with van der Waals surface area (Å²) in [6.07, 6.45) is 0.361. The Labute approximate surface area is 137 Å². The lowest BCUT2D eigenvalue weighted by atomic mass is 10.1. The minimum absolute atomic E-state index is 0.0115. The highest BCUT2D eigenvalue weighted by molar-refractivity contribution is 6.25. The number of amides is 1. The molecule has 0 saturated heterocycles. The second-order valence-corrected chi connectivity index (χ2v) is 5.61. The zero-order valence-corrected chi connectivity index (χ0v) is 12.7. The fourth-order valence-corrected chi connectivity index (χ4v) is 2.92. The number of nitrogens with one attached hydrogen (secondary N) is 1. The molecule has 1 amide bonds. The van der Waals surface area contributed by atoms with Gasteiger partial charge >= 0.3 is 0 Å². The molecule has 6 heteroatoms. The van der Waals surface area contributed by atoms with Crippen molar-refractivity contribution in [2.45, 2.75) is 13.0 Å². The summed E-state index contributed by atoms with van der Waals surface area (Å²) >= 11 is 0. The van der Waals surface area contributed by atoms with Crippen molar-refractivity contribution in [3.8, 4) is 0 Å². The highest BCUT2D eigenvalue weighted by Crippen LogP contribution is 2.30. The lowest BCUT2D eigenvalue weighted by Gasteiger charge is -2.18. The summed E-state index contributed by atoms with van der Waals surface area (Å²) in [4.78, 5) is 17.1. The van der Waals surface area contributed by atoms with Crippen molar-refractivity contribution >= 4 is 28.2 Å². The summed E-state index contributed by atoms with van der Waals surface area (Å²) in [7, 11) is 0. The fraction of sp³-hybridized carbons (Fsp3) is 0.111. The summed E-state index contributed by atoms with van der Waals surface area (Å²) in [6.45, 7) is 0.564. The average molecular weight is 323 g/mol. The average Bonchev–Trinajstić information content (AvgIpc) is 2.95. The number of aliphatic hydroxyl groups is 1. The van der Waals surface area contributed by atoms with E-state index < -0.39 is 5.91 Å². The first-order valence-electron chi connectivity index (χ1n) is 7.58. The number of halogens is 1. The molecule has 24 heavy (non-hydrogen) atoms. The lowest BCUT2D eigenvalue weighted by Crippen LogP contribution is -2.22. The molecule has 0 spiro atoms. The monoisotopic (exact) mass is 323 g/mol. The van der Waals surface area contributed by atoms with Crippen LogP contribution in [0.4, 0.5) is 10.1 Å². The molecule has 1 aliphatic heterocycles. The molecule has 2 aromatic carbocycles. The quantitative estimate of drug-likeness (QED) is 0.758. The van der Waals surface area contributed by atoms with Gasteiger partial charge in [0.15, 0.2) is 0 Å². The molecule has 0 atom stereocenters. The van der Waals surface area contributed by atoms with E-state index >= 15 is 0 Å². The molecule has 3 aromatic rings. The Bertz CT molecular complexity index is 974. The molecule has 1 aromatic heterocycles. The molecule has 0 fully saturated rings. The molecule has 5 nitrogen and oxygen atoms in total. The van der Waals surface area contributed by atoms with E-state index in [-0.39, 0.29) is 17.1 Å². The van der Waals surface area contributed by atoms with Gasteiger partial charge < -0.3 is 15.0 Å². The van der Waals surface area contributed by atoms with Crippen LogP contribution in [0.3, 0.4) is 0 Å². The summed E-state index contributed by atoms with van der Waals surface area (Å²) in [5.74, 6) is -0.387. The van der Waals surface area contributed by atoms with Crippen LogP contribution < -0.4 is 5.32 Å². The number of imidazole rings is 1. The molecular weight excluding hydrogens is 309 g/mol. The molecule has 1 aliphatic rings. The second-order valence-electron chi connectivity index (χ2n) is 5.61. The minimum atomic E-state index is -0.463. The number of benzene rings is 2. The van der Waals surface area contributed by atoms with Crippen molar-refractivity contribution in [3.63, 3.8) is 0 Å². The van der Waals surface area contributed by atoms with Crippen molar-refractivity contribution in [3.05, 3.63) is 65.9 Å². The van der Waals surface area contributed by atoms with Crippen LogP contribution >= 0.6 is 0 Å². The van der Waals surface area contributed by atoms with E-state index in [9.17, 15) is 14.3 Å². The highest BCUT2D eigenvalue weighted by atomic mass is 19.1. The van der Waals surface area contributed by atoms with Gasteiger partial charge in [0.1, 0.15) is 23.0 Å². The zero-order valence-electron chi connectivity index (χ0n) is 12.7. The van der Waals surface area contributed by atoms with Crippen molar-refractivity contribution in [1.29, 1.82) is 0 Å². The van der Waals surface area contributed by atoms with Gasteiger partial charge in [-0.1, -0.05) is 12.1 Å². The number of carbonyl (C=O) groups excluding carboxylic acids is 1. The van der Waals surface area contributed by atoms with Crippen LogP contribution in [0, 0.1) is 5.82 Å². The largest absolute Gasteiger partial charge is 0.511 e. The first-order chi connectivity index (χ1) is 11.6. The molecule has 120 valence electrons. The van der Waals surface area contributed by atoms with Gasteiger partial charge in [0.2, 0.25) is 0 Å². The number of hydrogen-bond acceptors (Lipinski definition) is 3. The molecule has 0 saturated carbocycles. The standard InChI is InChI=1S/C18H14FN3O2/c19-11-5-7-12(8-6-11)20-18(24)16-15(23)9-10-22-14-4-2-1-3-13(14)21-17(16)22/h1-8,23H,9-10H2,(H,20,24). The number of rotatable bonds is 2. The van der Waals surface area contributed by atoms with E-state index in [1.54, 1.807) is 0 Å². The van der Waals surface area contributed by atoms with Crippen LogP contribution in [-0.4, -0.2) is 20.6 Å². The third kappa shape index (κ3) is 2.32. The number of anilines is 1. The van der Waals surface area contributed by atoms with Gasteiger partial charge in [-0.15, -0.1) is 0 Å². The topological polar surface area (TPSA) is 67.2 Å². The third-order valence-corrected chi connectivity index (χ3v) is 4.07. The summed E-state index contributed by atoms with van der Waals surface area (Å²) in [5, 5.41) is 12.9. The van der Waals surface area contributed by atoms with Crippen molar-refractivity contribution in [2.75, 3.05) is 5.32 Å². The third-order valence-electron chi connectivity index (χ3n) is 4.07. The fourth-order valence-electron chi connectivity index (χ4n) is 2.92. The van der Waals surface area contributed by atoms with Crippen LogP contribution in [-0.2, 0) is 11.3 Å². The Morgan fingerprint density at radius 1 is 1.17 bits per heavy atom. The Balaban J connectivity index is 1.74. The van der Waals surface area contributed by atoms with Gasteiger partial charge in [-0.05, 0) is 36.4 Å². The number of allylic oxidation sites excluding steroid dienone is 1. The van der Waals surface area contributed by atoms with Crippen molar-refractivity contribution in [1.82, 2.24) is 9.55 Å². The zero-order chi connectivity index (χ0) is 16.7. The Hall–Kier alpha value is -3.15. The highest BCUT2D eigenvalue weighted by Gasteiger charge is 2.27. The van der Waals surface area contributed by atoms with Crippen molar-refractivity contribution < 1.29 is 14.3 Å². The normalized spacial score (nSPS) is 13.9. The van der Waals surface area contributed by atoms with Gasteiger partial charge in [-0.3, -0.25) is 4.79 Å². The summed E-state index contributed by atoms with van der Waals surface area (Å²) in [5.41, 5.74) is 2.30. The van der Waals surface area contributed by atoms with Gasteiger partial charge in [0, 0.05) is 18.7 Å². The van der Waals surface area contributed by atoms with E-state index in [1.165, 1.54) is 24.3 Å². The number of para-hydroxylation sites is 2. The van der Waals surface area contributed by atoms with Gasteiger partial charge in [-0.2, -0.15) is 0 Å². The number of aromatic nitrogens is 2. The van der Waals surface area contributed by atoms with E-state index in [1.807, 2.05) is 28.8 Å². The number of carbonyl (C=O) groups is 1. The Morgan fingerprint density at radius 3 is 2.71 bits per heavy atom. The number of aliphatic hydroxyl groups excluding tert-OH is 1. The molecule has 0 bridgehead atoms. The van der Waals surface area contributed by atoms with E-state index in [4.69, 9.17) is 0 Å². The number of nitrogens with zero attached hydrogens (tertiary/aromatic N) is 2. The van der Waals surface area contributed by atoms with Crippen LogP contribution in [0.5, 0.6) is 0 Å². The number of aryl methyl sites for hydroxylation is 1. The summed E-state index contributed by atoms with van der Waals surface area (Å²) < 4.78 is 14.9. The van der Waals surface area contributed by atoms with E-state index in [0.29, 0.717) is 24.5 Å². The van der Waals surface area contributed by atoms with E-state index in [2.05, 4.69) is 10.3 Å². The van der Waals surface area contributed by atoms with Gasteiger partial charge in [-0.25, -0.2) is 9.37 Å². The first-order valence-corrected chi connectivity index (χ1v) is 7.58. The maximum Gasteiger partial charge on any atom is 0.262 e. The second kappa shape index (κ2) is 5.49. The van der Waals surface area contributed by atoms with Crippen LogP contribution in [0.2, 0.25) is 0 Å². The predicted octanol–water partition coefficient (Wildman–Crippen LogP) is 3.49. The smallest absolute Gasteiger partial charge is 0.262 e.